The Kier molecular flexibility index (Phi) is 2.56. The predicted octanol–water partition coefficient (Wildman–Crippen LogP) is 1.48. The third-order valence-electron chi connectivity index (χ3n) is 2.58. The molecular weight excluding hydrogens is 186 g/mol. The van der Waals surface area contributed by atoms with Crippen molar-refractivity contribution in [2.24, 2.45) is 0 Å². The fraction of sp³-hybridized carbons (Fsp3) is 0.250. The zero-order chi connectivity index (χ0) is 10.8. The first kappa shape index (κ1) is 9.93. The van der Waals surface area contributed by atoms with Crippen LogP contribution in [0.25, 0.3) is 5.69 Å². The van der Waals surface area contributed by atoms with Gasteiger partial charge in [0.25, 0.3) is 0 Å². The highest BCUT2D eigenvalue weighted by Crippen LogP contribution is 2.17. The molecule has 2 aromatic rings. The van der Waals surface area contributed by atoms with Crippen molar-refractivity contribution < 1.29 is 5.73 Å². The van der Waals surface area contributed by atoms with Gasteiger partial charge in [0.2, 0.25) is 0 Å². The van der Waals surface area contributed by atoms with Crippen molar-refractivity contribution in [3.63, 3.8) is 0 Å². The zero-order valence-electron chi connectivity index (χ0n) is 9.14. The largest absolute Gasteiger partial charge is 0.351 e. The molecule has 1 atom stereocenters. The van der Waals surface area contributed by atoms with Gasteiger partial charge in [-0.25, -0.2) is 4.68 Å². The molecule has 0 amide bonds. The lowest BCUT2D eigenvalue weighted by molar-refractivity contribution is -0.420. The van der Waals surface area contributed by atoms with Crippen LogP contribution in [0.1, 0.15) is 24.2 Å². The molecule has 2 rings (SSSR count). The second kappa shape index (κ2) is 3.87. The van der Waals surface area contributed by atoms with Crippen LogP contribution in [-0.2, 0) is 0 Å². The fourth-order valence-electron chi connectivity index (χ4n) is 1.74. The second-order valence-electron chi connectivity index (χ2n) is 3.83. The van der Waals surface area contributed by atoms with Crippen LogP contribution < -0.4 is 5.73 Å². The molecule has 0 radical (unpaired) electrons. The maximum Gasteiger partial charge on any atom is 0.110 e. The van der Waals surface area contributed by atoms with Crippen LogP contribution in [0.4, 0.5) is 0 Å². The van der Waals surface area contributed by atoms with E-state index in [4.69, 9.17) is 0 Å². The van der Waals surface area contributed by atoms with Gasteiger partial charge in [-0.05, 0) is 26.0 Å². The summed E-state index contributed by atoms with van der Waals surface area (Å²) >= 11 is 0. The van der Waals surface area contributed by atoms with E-state index >= 15 is 0 Å². The van der Waals surface area contributed by atoms with Crippen LogP contribution in [0.3, 0.4) is 0 Å². The molecule has 1 heterocycles. The molecule has 0 aliphatic carbocycles. The monoisotopic (exact) mass is 202 g/mol. The molecule has 0 saturated carbocycles. The van der Waals surface area contributed by atoms with E-state index in [2.05, 4.69) is 36.8 Å². The molecule has 1 aromatic carbocycles. The highest BCUT2D eigenvalue weighted by molar-refractivity contribution is 5.34. The molecule has 1 aromatic heterocycles. The summed E-state index contributed by atoms with van der Waals surface area (Å²) < 4.78 is 1.96. The van der Waals surface area contributed by atoms with Crippen molar-refractivity contribution in [1.82, 2.24) is 9.78 Å². The second-order valence-corrected chi connectivity index (χ2v) is 3.83. The number of para-hydroxylation sites is 1. The number of quaternary nitrogens is 1. The van der Waals surface area contributed by atoms with E-state index in [0.29, 0.717) is 0 Å². The Hall–Kier alpha value is -1.61. The minimum absolute atomic E-state index is 0.280. The lowest BCUT2D eigenvalue weighted by atomic mass is 10.1. The Labute approximate surface area is 89.5 Å². The Bertz CT molecular complexity index is 443. The summed E-state index contributed by atoms with van der Waals surface area (Å²) in [5, 5.41) is 4.38. The molecule has 3 nitrogen and oxygen atoms in total. The third kappa shape index (κ3) is 1.78. The molecule has 0 saturated heterocycles. The van der Waals surface area contributed by atoms with Crippen LogP contribution in [0.2, 0.25) is 0 Å². The summed E-state index contributed by atoms with van der Waals surface area (Å²) in [6, 6.07) is 10.4. The van der Waals surface area contributed by atoms with Gasteiger partial charge in [0.05, 0.1) is 23.1 Å². The molecule has 78 valence electrons. The van der Waals surface area contributed by atoms with Crippen molar-refractivity contribution in [2.45, 2.75) is 19.9 Å². The van der Waals surface area contributed by atoms with Gasteiger partial charge < -0.3 is 5.73 Å². The predicted molar refractivity (Wildman–Crippen MR) is 59.6 cm³/mol. The van der Waals surface area contributed by atoms with Gasteiger partial charge in [0.15, 0.2) is 0 Å². The number of hydrogen-bond acceptors (Lipinski definition) is 1. The number of rotatable bonds is 2. The smallest absolute Gasteiger partial charge is 0.110 e. The quantitative estimate of drug-likeness (QED) is 0.787. The standard InChI is InChI=1S/C12H15N3/c1-9(13)12-8-14-15(10(12)2)11-6-4-3-5-7-11/h3-9H,13H2,1-2H3/p+1/t9-/m0/s1. The van der Waals surface area contributed by atoms with Crippen molar-refractivity contribution >= 4 is 0 Å². The molecule has 0 spiro atoms. The van der Waals surface area contributed by atoms with Crippen LogP contribution in [0, 0.1) is 6.92 Å². The lowest BCUT2D eigenvalue weighted by Gasteiger charge is -2.05. The third-order valence-corrected chi connectivity index (χ3v) is 2.58. The van der Waals surface area contributed by atoms with E-state index in [-0.39, 0.29) is 6.04 Å². The van der Waals surface area contributed by atoms with Crippen LogP contribution >= 0.6 is 0 Å². The number of aromatic nitrogens is 2. The van der Waals surface area contributed by atoms with Crippen molar-refractivity contribution in [2.75, 3.05) is 0 Å². The van der Waals surface area contributed by atoms with Gasteiger partial charge in [-0.15, -0.1) is 0 Å². The highest BCUT2D eigenvalue weighted by Gasteiger charge is 2.12. The molecule has 0 fully saturated rings. The van der Waals surface area contributed by atoms with Gasteiger partial charge in [-0.2, -0.15) is 5.10 Å². The lowest BCUT2D eigenvalue weighted by Crippen LogP contribution is -2.51. The summed E-state index contributed by atoms with van der Waals surface area (Å²) in [6.45, 7) is 4.16. The summed E-state index contributed by atoms with van der Waals surface area (Å²) in [4.78, 5) is 0. The van der Waals surface area contributed by atoms with Crippen molar-refractivity contribution in [3.05, 3.63) is 47.8 Å². The van der Waals surface area contributed by atoms with Crippen LogP contribution in [0.15, 0.2) is 36.5 Å². The van der Waals surface area contributed by atoms with E-state index < -0.39 is 0 Å². The first-order chi connectivity index (χ1) is 7.20. The minimum atomic E-state index is 0.280. The van der Waals surface area contributed by atoms with E-state index in [9.17, 15) is 0 Å². The van der Waals surface area contributed by atoms with Crippen LogP contribution in [-0.4, -0.2) is 9.78 Å². The normalized spacial score (nSPS) is 12.7. The Balaban J connectivity index is 2.47. The molecule has 0 aliphatic heterocycles. The van der Waals surface area contributed by atoms with Gasteiger partial charge in [-0.1, -0.05) is 18.2 Å². The van der Waals surface area contributed by atoms with Gasteiger partial charge in [0, 0.05) is 0 Å². The Morgan fingerprint density at radius 3 is 2.47 bits per heavy atom. The number of hydrogen-bond donors (Lipinski definition) is 1. The molecule has 0 aliphatic rings. The first-order valence-corrected chi connectivity index (χ1v) is 5.13. The minimum Gasteiger partial charge on any atom is -0.351 e. The molecular formula is C12H16N3+. The Morgan fingerprint density at radius 1 is 1.27 bits per heavy atom. The van der Waals surface area contributed by atoms with Crippen molar-refractivity contribution in [3.8, 4) is 5.69 Å². The SMILES string of the molecule is Cc1c([C@H](C)[NH3+])cnn1-c1ccccc1. The summed E-state index contributed by atoms with van der Waals surface area (Å²) in [5.41, 5.74) is 7.50. The van der Waals surface area contributed by atoms with Gasteiger partial charge in [0.1, 0.15) is 6.04 Å². The van der Waals surface area contributed by atoms with Crippen molar-refractivity contribution in [1.29, 1.82) is 0 Å². The molecule has 3 N–H and O–H groups in total. The molecule has 3 heteroatoms. The zero-order valence-corrected chi connectivity index (χ0v) is 9.14. The Morgan fingerprint density at radius 2 is 1.93 bits per heavy atom. The van der Waals surface area contributed by atoms with E-state index in [1.165, 1.54) is 11.3 Å². The van der Waals surface area contributed by atoms with Crippen LogP contribution in [0.5, 0.6) is 0 Å². The van der Waals surface area contributed by atoms with E-state index in [1.807, 2.05) is 29.1 Å². The number of nitrogens with zero attached hydrogens (tertiary/aromatic N) is 2. The fourth-order valence-corrected chi connectivity index (χ4v) is 1.74. The number of benzene rings is 1. The molecule has 0 bridgehead atoms. The van der Waals surface area contributed by atoms with E-state index in [0.717, 1.165) is 5.69 Å². The maximum absolute atomic E-state index is 4.38. The summed E-state index contributed by atoms with van der Waals surface area (Å²) in [5.74, 6) is 0. The summed E-state index contributed by atoms with van der Waals surface area (Å²) in [6.07, 6.45) is 1.90. The van der Waals surface area contributed by atoms with E-state index in [1.54, 1.807) is 0 Å². The molecule has 0 unspecified atom stereocenters. The molecule has 15 heavy (non-hydrogen) atoms. The van der Waals surface area contributed by atoms with Gasteiger partial charge >= 0.3 is 0 Å². The first-order valence-electron chi connectivity index (χ1n) is 5.13. The van der Waals surface area contributed by atoms with Gasteiger partial charge in [-0.3, -0.25) is 0 Å². The maximum atomic E-state index is 4.38. The summed E-state index contributed by atoms with van der Waals surface area (Å²) in [7, 11) is 0. The highest BCUT2D eigenvalue weighted by atomic mass is 15.3. The average Bonchev–Trinajstić information content (AvgIpc) is 2.61. The average molecular weight is 202 g/mol. The topological polar surface area (TPSA) is 45.5 Å².